The standard InChI is InChI=1S/C20H32O12/c1-2-3-4-5-6-7-8-30-17-15(31-18(28)13(25)10-22)19(29)32-20(17,14(26)11-23)16(27)12(24)9-21/h12-14,21-26H,2-11H2,1H3/t12?,13?,14-,20-/m0/s1. The minimum atomic E-state index is -2.80. The van der Waals surface area contributed by atoms with E-state index >= 15 is 0 Å². The van der Waals surface area contributed by atoms with Crippen molar-refractivity contribution in [2.75, 3.05) is 26.4 Å². The highest BCUT2D eigenvalue weighted by Crippen LogP contribution is 2.39. The van der Waals surface area contributed by atoms with E-state index in [1.165, 1.54) is 0 Å². The van der Waals surface area contributed by atoms with Crippen LogP contribution in [0.5, 0.6) is 0 Å². The second-order valence-electron chi connectivity index (χ2n) is 7.28. The van der Waals surface area contributed by atoms with Gasteiger partial charge in [0.1, 0.15) is 12.2 Å². The van der Waals surface area contributed by atoms with Gasteiger partial charge in [0, 0.05) is 0 Å². The first-order chi connectivity index (χ1) is 15.2. The molecule has 12 heteroatoms. The van der Waals surface area contributed by atoms with E-state index < -0.39 is 73.0 Å². The van der Waals surface area contributed by atoms with E-state index in [1.54, 1.807) is 0 Å². The maximum Gasteiger partial charge on any atom is 0.379 e. The van der Waals surface area contributed by atoms with Crippen molar-refractivity contribution in [1.29, 1.82) is 0 Å². The van der Waals surface area contributed by atoms with Crippen molar-refractivity contribution in [3.63, 3.8) is 0 Å². The molecule has 0 spiro atoms. The Morgan fingerprint density at radius 1 is 0.938 bits per heavy atom. The summed E-state index contributed by atoms with van der Waals surface area (Å²) >= 11 is 0. The molecule has 0 aromatic heterocycles. The molecule has 1 aliphatic rings. The summed E-state index contributed by atoms with van der Waals surface area (Å²) in [7, 11) is 0. The molecule has 2 unspecified atom stereocenters. The number of hydrogen-bond donors (Lipinski definition) is 6. The van der Waals surface area contributed by atoms with Crippen molar-refractivity contribution in [1.82, 2.24) is 0 Å². The second-order valence-corrected chi connectivity index (χ2v) is 7.28. The molecule has 1 rings (SSSR count). The van der Waals surface area contributed by atoms with Crippen molar-refractivity contribution in [2.45, 2.75) is 69.4 Å². The number of rotatable bonds is 16. The molecule has 6 N–H and O–H groups in total. The number of carbonyl (C=O) groups excluding carboxylic acids is 3. The lowest BCUT2D eigenvalue weighted by atomic mass is 9.87. The SMILES string of the molecule is CCCCCCCCOC1=C(OC(=O)C(O)CO)C(=O)O[C@]1(C(=O)C(O)CO)[C@@H](O)CO. The molecule has 0 radical (unpaired) electrons. The van der Waals surface area contributed by atoms with E-state index in [9.17, 15) is 34.8 Å². The molecule has 0 fully saturated rings. The molecule has 0 amide bonds. The Labute approximate surface area is 185 Å². The van der Waals surface area contributed by atoms with Crippen LogP contribution in [-0.4, -0.2) is 98.7 Å². The summed E-state index contributed by atoms with van der Waals surface area (Å²) in [5, 5.41) is 57.1. The summed E-state index contributed by atoms with van der Waals surface area (Å²) < 4.78 is 15.2. The van der Waals surface area contributed by atoms with Gasteiger partial charge in [-0.3, -0.25) is 4.79 Å². The van der Waals surface area contributed by atoms with Gasteiger partial charge in [0.25, 0.3) is 11.4 Å². The largest absolute Gasteiger partial charge is 0.489 e. The minimum Gasteiger partial charge on any atom is -0.489 e. The molecule has 0 aromatic rings. The monoisotopic (exact) mass is 464 g/mol. The number of aliphatic hydroxyl groups is 6. The molecule has 12 nitrogen and oxygen atoms in total. The fraction of sp³-hybridized carbons (Fsp3) is 0.750. The van der Waals surface area contributed by atoms with Crippen LogP contribution in [0.15, 0.2) is 11.5 Å². The lowest BCUT2D eigenvalue weighted by molar-refractivity contribution is -0.180. The first kappa shape index (κ1) is 27.9. The normalized spacial score (nSPS) is 21.2. The molecule has 0 bridgehead atoms. The number of ketones is 1. The summed E-state index contributed by atoms with van der Waals surface area (Å²) in [6.45, 7) is -1.29. The van der Waals surface area contributed by atoms with E-state index in [1.807, 2.05) is 0 Å². The van der Waals surface area contributed by atoms with Crippen LogP contribution >= 0.6 is 0 Å². The van der Waals surface area contributed by atoms with Crippen LogP contribution < -0.4 is 0 Å². The highest BCUT2D eigenvalue weighted by atomic mass is 16.6. The van der Waals surface area contributed by atoms with Crippen LogP contribution in [0.1, 0.15) is 45.4 Å². The number of esters is 2. The summed E-state index contributed by atoms with van der Waals surface area (Å²) in [5.74, 6) is -6.10. The fourth-order valence-electron chi connectivity index (χ4n) is 3.07. The van der Waals surface area contributed by atoms with Gasteiger partial charge < -0.3 is 44.8 Å². The van der Waals surface area contributed by atoms with E-state index in [-0.39, 0.29) is 6.61 Å². The highest BCUT2D eigenvalue weighted by molar-refractivity contribution is 6.04. The molecule has 32 heavy (non-hydrogen) atoms. The van der Waals surface area contributed by atoms with Gasteiger partial charge in [0.2, 0.25) is 11.5 Å². The lowest BCUT2D eigenvalue weighted by Crippen LogP contribution is -2.58. The van der Waals surface area contributed by atoms with Gasteiger partial charge in [-0.1, -0.05) is 39.0 Å². The van der Waals surface area contributed by atoms with Gasteiger partial charge in [-0.2, -0.15) is 0 Å². The van der Waals surface area contributed by atoms with Gasteiger partial charge in [-0.15, -0.1) is 0 Å². The third-order valence-corrected chi connectivity index (χ3v) is 4.86. The molecule has 1 aliphatic heterocycles. The molecule has 0 aromatic carbocycles. The minimum absolute atomic E-state index is 0.107. The maximum atomic E-state index is 12.8. The zero-order valence-corrected chi connectivity index (χ0v) is 17.9. The number of hydrogen-bond acceptors (Lipinski definition) is 12. The van der Waals surface area contributed by atoms with Crippen molar-refractivity contribution in [2.24, 2.45) is 0 Å². The average Bonchev–Trinajstić information content (AvgIpc) is 3.08. The topological polar surface area (TPSA) is 200 Å². The zero-order valence-electron chi connectivity index (χ0n) is 17.9. The van der Waals surface area contributed by atoms with Crippen LogP contribution in [0.2, 0.25) is 0 Å². The van der Waals surface area contributed by atoms with Gasteiger partial charge in [-0.25, -0.2) is 9.59 Å². The van der Waals surface area contributed by atoms with Crippen molar-refractivity contribution in [3.05, 3.63) is 11.5 Å². The molecule has 1 heterocycles. The summed E-state index contributed by atoms with van der Waals surface area (Å²) in [6.07, 6.45) is -1.12. The number of Topliss-reactive ketones (excluding diaryl/α,β-unsaturated/α-hetero) is 1. The Kier molecular flexibility index (Phi) is 11.8. The Morgan fingerprint density at radius 3 is 2.09 bits per heavy atom. The first-order valence-corrected chi connectivity index (χ1v) is 10.4. The molecule has 4 atom stereocenters. The second kappa shape index (κ2) is 13.5. The molecular weight excluding hydrogens is 432 g/mol. The quantitative estimate of drug-likeness (QED) is 0.109. The number of ether oxygens (including phenoxy) is 3. The Hall–Kier alpha value is -2.09. The average molecular weight is 464 g/mol. The van der Waals surface area contributed by atoms with Gasteiger partial charge in [-0.05, 0) is 6.42 Å². The number of cyclic esters (lactones) is 1. The van der Waals surface area contributed by atoms with E-state index in [0.29, 0.717) is 6.42 Å². The molecule has 0 saturated carbocycles. The first-order valence-electron chi connectivity index (χ1n) is 10.4. The summed E-state index contributed by atoms with van der Waals surface area (Å²) in [6, 6.07) is 0. The number of carbonyl (C=O) groups is 3. The van der Waals surface area contributed by atoms with Gasteiger partial charge in [0.15, 0.2) is 6.10 Å². The van der Waals surface area contributed by atoms with Crippen molar-refractivity contribution < 1.29 is 59.2 Å². The van der Waals surface area contributed by atoms with Gasteiger partial charge in [0.05, 0.1) is 26.4 Å². The maximum absolute atomic E-state index is 12.8. The Bertz CT molecular complexity index is 675. The zero-order chi connectivity index (χ0) is 24.3. The molecular formula is C20H32O12. The van der Waals surface area contributed by atoms with E-state index in [4.69, 9.17) is 24.4 Å². The highest BCUT2D eigenvalue weighted by Gasteiger charge is 2.62. The molecule has 184 valence electrons. The Balaban J connectivity index is 3.28. The van der Waals surface area contributed by atoms with Crippen LogP contribution in [0, 0.1) is 0 Å². The summed E-state index contributed by atoms with van der Waals surface area (Å²) in [5.41, 5.74) is -2.80. The lowest BCUT2D eigenvalue weighted by Gasteiger charge is -2.33. The fourth-order valence-corrected chi connectivity index (χ4v) is 3.07. The predicted molar refractivity (Wildman–Crippen MR) is 106 cm³/mol. The smallest absolute Gasteiger partial charge is 0.379 e. The Morgan fingerprint density at radius 2 is 1.53 bits per heavy atom. The van der Waals surface area contributed by atoms with Crippen LogP contribution in [-0.2, 0) is 28.6 Å². The predicted octanol–water partition coefficient (Wildman–Crippen LogP) is -1.96. The van der Waals surface area contributed by atoms with E-state index in [0.717, 1.165) is 32.1 Å². The third-order valence-electron chi connectivity index (χ3n) is 4.86. The van der Waals surface area contributed by atoms with Crippen molar-refractivity contribution in [3.8, 4) is 0 Å². The third kappa shape index (κ3) is 6.47. The molecule has 0 saturated heterocycles. The van der Waals surface area contributed by atoms with Crippen LogP contribution in [0.4, 0.5) is 0 Å². The summed E-state index contributed by atoms with van der Waals surface area (Å²) in [4.78, 5) is 37.1. The molecule has 0 aliphatic carbocycles. The number of unbranched alkanes of at least 4 members (excludes halogenated alkanes) is 5. The van der Waals surface area contributed by atoms with Crippen molar-refractivity contribution >= 4 is 17.7 Å². The van der Waals surface area contributed by atoms with E-state index in [2.05, 4.69) is 6.92 Å². The van der Waals surface area contributed by atoms with Crippen LogP contribution in [0.25, 0.3) is 0 Å². The number of aliphatic hydroxyl groups excluding tert-OH is 6. The van der Waals surface area contributed by atoms with Gasteiger partial charge >= 0.3 is 11.9 Å². The van der Waals surface area contributed by atoms with Crippen LogP contribution in [0.3, 0.4) is 0 Å².